The second-order valence-electron chi connectivity index (χ2n) is 9.50. The van der Waals surface area contributed by atoms with Gasteiger partial charge in [0, 0.05) is 27.6 Å². The molecular formula is C26H31Cl2NO3. The number of fused-ring (bicyclic) bond motifs is 2. The summed E-state index contributed by atoms with van der Waals surface area (Å²) in [5, 5.41) is 10.6. The van der Waals surface area contributed by atoms with E-state index >= 15 is 0 Å². The summed E-state index contributed by atoms with van der Waals surface area (Å²) in [5.74, 6) is 0.323. The summed E-state index contributed by atoms with van der Waals surface area (Å²) in [6.07, 6.45) is 3.81. The van der Waals surface area contributed by atoms with Crippen LogP contribution in [0.15, 0.2) is 36.4 Å². The number of hydrogen-bond donors (Lipinski definition) is 1. The second-order valence-corrected chi connectivity index (χ2v) is 10.3. The molecule has 1 N–H and O–H groups in total. The van der Waals surface area contributed by atoms with Crippen LogP contribution in [0.3, 0.4) is 0 Å². The third-order valence-electron chi connectivity index (χ3n) is 7.31. The van der Waals surface area contributed by atoms with Crippen LogP contribution >= 0.6 is 23.2 Å². The summed E-state index contributed by atoms with van der Waals surface area (Å²) in [6.45, 7) is 7.18. The van der Waals surface area contributed by atoms with Gasteiger partial charge in [-0.05, 0) is 74.0 Å². The molecule has 1 saturated heterocycles. The van der Waals surface area contributed by atoms with Gasteiger partial charge >= 0.3 is 5.97 Å². The number of hydrogen-bond acceptors (Lipinski definition) is 3. The van der Waals surface area contributed by atoms with Crippen molar-refractivity contribution in [3.05, 3.63) is 63.1 Å². The van der Waals surface area contributed by atoms with Crippen molar-refractivity contribution in [1.82, 2.24) is 4.90 Å². The van der Waals surface area contributed by atoms with Crippen molar-refractivity contribution in [2.24, 2.45) is 5.92 Å². The molecule has 6 heteroatoms. The third-order valence-corrected chi connectivity index (χ3v) is 8.01. The van der Waals surface area contributed by atoms with E-state index in [1.807, 2.05) is 18.2 Å². The lowest BCUT2D eigenvalue weighted by Gasteiger charge is -2.39. The van der Waals surface area contributed by atoms with Crippen molar-refractivity contribution < 1.29 is 14.6 Å². The van der Waals surface area contributed by atoms with Gasteiger partial charge < -0.3 is 14.7 Å². The van der Waals surface area contributed by atoms with E-state index in [4.69, 9.17) is 27.9 Å². The van der Waals surface area contributed by atoms with Crippen LogP contribution in [0.2, 0.25) is 10.0 Å². The van der Waals surface area contributed by atoms with Crippen molar-refractivity contribution in [1.29, 1.82) is 0 Å². The zero-order valence-corrected chi connectivity index (χ0v) is 20.3. The Morgan fingerprint density at radius 1 is 1.16 bits per heavy atom. The predicted molar refractivity (Wildman–Crippen MR) is 129 cm³/mol. The second kappa shape index (κ2) is 9.62. The maximum Gasteiger partial charge on any atom is 0.307 e. The number of aliphatic carboxylic acids is 1. The first-order valence-corrected chi connectivity index (χ1v) is 12.2. The number of halogens is 2. The molecule has 0 saturated carbocycles. The Labute approximate surface area is 200 Å². The number of benzene rings is 2. The molecule has 2 heterocycles. The molecule has 0 bridgehead atoms. The van der Waals surface area contributed by atoms with Gasteiger partial charge in [0.05, 0.1) is 12.5 Å². The third kappa shape index (κ3) is 4.78. The Bertz CT molecular complexity index is 965. The molecule has 0 aliphatic carbocycles. The van der Waals surface area contributed by atoms with E-state index in [-0.39, 0.29) is 11.3 Å². The van der Waals surface area contributed by atoms with Gasteiger partial charge in [0.2, 0.25) is 0 Å². The zero-order valence-electron chi connectivity index (χ0n) is 18.7. The number of carbonyl (C=O) groups is 1. The molecule has 2 atom stereocenters. The molecule has 2 aliphatic rings. The first kappa shape index (κ1) is 23.4. The number of piperidine rings is 1. The van der Waals surface area contributed by atoms with Crippen LogP contribution in [-0.2, 0) is 16.6 Å². The fraction of sp³-hybridized carbons (Fsp3) is 0.500. The van der Waals surface area contributed by atoms with Crippen LogP contribution in [0.1, 0.15) is 55.7 Å². The Balaban J connectivity index is 1.40. The smallest absolute Gasteiger partial charge is 0.307 e. The van der Waals surface area contributed by atoms with Crippen molar-refractivity contribution >= 4 is 29.2 Å². The van der Waals surface area contributed by atoms with Crippen LogP contribution in [0, 0.1) is 5.92 Å². The molecule has 1 spiro atoms. The summed E-state index contributed by atoms with van der Waals surface area (Å²) >= 11 is 12.7. The summed E-state index contributed by atoms with van der Waals surface area (Å²) in [5.41, 5.74) is 3.67. The van der Waals surface area contributed by atoms with Gasteiger partial charge in [0.25, 0.3) is 0 Å². The van der Waals surface area contributed by atoms with E-state index in [1.165, 1.54) is 11.1 Å². The number of likely N-dealkylation sites (tertiary alicyclic amines) is 1. The number of ether oxygens (including phenoxy) is 1. The van der Waals surface area contributed by atoms with Crippen molar-refractivity contribution in [3.63, 3.8) is 0 Å². The summed E-state index contributed by atoms with van der Waals surface area (Å²) in [7, 11) is 0. The Kier molecular flexibility index (Phi) is 7.04. The van der Waals surface area contributed by atoms with Crippen molar-refractivity contribution in [3.8, 4) is 5.75 Å². The summed E-state index contributed by atoms with van der Waals surface area (Å²) in [6, 6.07) is 12.4. The molecule has 32 heavy (non-hydrogen) atoms. The average Bonchev–Trinajstić information content (AvgIpc) is 3.12. The quantitative estimate of drug-likeness (QED) is 0.519. The van der Waals surface area contributed by atoms with Crippen molar-refractivity contribution in [2.45, 2.75) is 50.9 Å². The predicted octanol–water partition coefficient (Wildman–Crippen LogP) is 6.18. The minimum Gasteiger partial charge on any atom is -0.492 e. The van der Waals surface area contributed by atoms with Gasteiger partial charge in [-0.2, -0.15) is 0 Å². The average molecular weight is 476 g/mol. The largest absolute Gasteiger partial charge is 0.492 e. The molecule has 4 nitrogen and oxygen atoms in total. The standard InChI is InChI=1S/C26H31Cl2NO3/c1-17(6-8-20-22(27)4-3-5-23(20)28)19-7-9-21-24(14-19)32-16-26(21)10-12-29(13-11-26)15-18(2)25(30)31/h3-5,7,9,14,17-18H,6,8,10-13,15-16H2,1-2H3,(H,30,31). The molecule has 0 radical (unpaired) electrons. The van der Waals surface area contributed by atoms with Gasteiger partial charge in [-0.15, -0.1) is 0 Å². The highest BCUT2D eigenvalue weighted by atomic mass is 35.5. The molecular weight excluding hydrogens is 445 g/mol. The topological polar surface area (TPSA) is 49.8 Å². The van der Waals surface area contributed by atoms with Crippen LogP contribution < -0.4 is 4.74 Å². The fourth-order valence-corrected chi connectivity index (χ4v) is 5.62. The number of carboxylic acids is 1. The first-order valence-electron chi connectivity index (χ1n) is 11.4. The molecule has 2 aromatic carbocycles. The molecule has 2 aromatic rings. The van der Waals surface area contributed by atoms with Crippen molar-refractivity contribution in [2.75, 3.05) is 26.2 Å². The zero-order chi connectivity index (χ0) is 22.9. The van der Waals surface area contributed by atoms with Gasteiger partial charge in [-0.25, -0.2) is 0 Å². The lowest BCUT2D eigenvalue weighted by Crippen LogP contribution is -2.45. The van der Waals surface area contributed by atoms with E-state index in [1.54, 1.807) is 6.92 Å². The lowest BCUT2D eigenvalue weighted by atomic mass is 9.74. The monoisotopic (exact) mass is 475 g/mol. The van der Waals surface area contributed by atoms with Gasteiger partial charge in [0.1, 0.15) is 5.75 Å². The highest BCUT2D eigenvalue weighted by molar-refractivity contribution is 6.35. The summed E-state index contributed by atoms with van der Waals surface area (Å²) in [4.78, 5) is 13.4. The number of rotatable bonds is 7. The minimum absolute atomic E-state index is 0.0607. The molecule has 172 valence electrons. The van der Waals surface area contributed by atoms with E-state index in [0.29, 0.717) is 12.5 Å². The molecule has 0 amide bonds. The summed E-state index contributed by atoms with van der Waals surface area (Å²) < 4.78 is 6.18. The molecule has 2 aliphatic heterocycles. The molecule has 2 unspecified atom stereocenters. The fourth-order valence-electron chi connectivity index (χ4n) is 5.04. The van der Waals surface area contributed by atoms with E-state index in [2.05, 4.69) is 30.0 Å². The van der Waals surface area contributed by atoms with Crippen LogP contribution in [0.25, 0.3) is 0 Å². The Morgan fingerprint density at radius 3 is 2.50 bits per heavy atom. The normalized spacial score (nSPS) is 19.4. The maximum atomic E-state index is 11.2. The van der Waals surface area contributed by atoms with Crippen LogP contribution in [-0.4, -0.2) is 42.2 Å². The van der Waals surface area contributed by atoms with E-state index < -0.39 is 5.97 Å². The van der Waals surface area contributed by atoms with Crippen LogP contribution in [0.4, 0.5) is 0 Å². The van der Waals surface area contributed by atoms with E-state index in [9.17, 15) is 9.90 Å². The minimum atomic E-state index is -0.724. The highest BCUT2D eigenvalue weighted by Crippen LogP contribution is 2.46. The number of nitrogens with zero attached hydrogens (tertiary/aromatic N) is 1. The van der Waals surface area contributed by atoms with Crippen LogP contribution in [0.5, 0.6) is 5.75 Å². The number of carboxylic acid groups (broad SMARTS) is 1. The SMILES string of the molecule is CC(CN1CCC2(CC1)COc1cc(C(C)CCc3c(Cl)cccc3Cl)ccc12)C(=O)O. The molecule has 4 rings (SSSR count). The highest BCUT2D eigenvalue weighted by Gasteiger charge is 2.43. The molecule has 0 aromatic heterocycles. The Morgan fingerprint density at radius 2 is 1.84 bits per heavy atom. The van der Waals surface area contributed by atoms with Gasteiger partial charge in [0.15, 0.2) is 0 Å². The lowest BCUT2D eigenvalue weighted by molar-refractivity contribution is -0.141. The van der Waals surface area contributed by atoms with Gasteiger partial charge in [-0.3, -0.25) is 4.79 Å². The van der Waals surface area contributed by atoms with Gasteiger partial charge in [-0.1, -0.05) is 55.2 Å². The molecule has 1 fully saturated rings. The Hall–Kier alpha value is -1.75. The first-order chi connectivity index (χ1) is 15.3. The van der Waals surface area contributed by atoms with E-state index in [0.717, 1.165) is 66.7 Å². The maximum absolute atomic E-state index is 11.2.